The lowest BCUT2D eigenvalue weighted by Gasteiger charge is -2.24. The van der Waals surface area contributed by atoms with Crippen LogP contribution in [0, 0.1) is 0 Å². The molecule has 7 heteroatoms. The van der Waals surface area contributed by atoms with Crippen molar-refractivity contribution in [1.29, 1.82) is 0 Å². The Balaban J connectivity index is 0.945. The first-order valence-corrected chi connectivity index (χ1v) is 18.4. The molecular formula is C40H51ClN4O2. The maximum atomic E-state index is 13.4. The zero-order chi connectivity index (χ0) is 32.3. The summed E-state index contributed by atoms with van der Waals surface area (Å²) < 4.78 is 7.76. The maximum absolute atomic E-state index is 13.4. The Morgan fingerprint density at radius 1 is 0.745 bits per heavy atom. The van der Waals surface area contributed by atoms with Crippen molar-refractivity contribution in [1.82, 2.24) is 19.6 Å². The molecule has 4 aromatic rings. The Morgan fingerprint density at radius 3 is 2.28 bits per heavy atom. The summed E-state index contributed by atoms with van der Waals surface area (Å²) in [6.45, 7) is 7.37. The number of hydrogen-bond donors (Lipinski definition) is 0. The van der Waals surface area contributed by atoms with Crippen molar-refractivity contribution in [2.45, 2.75) is 89.6 Å². The molecule has 0 saturated carbocycles. The average Bonchev–Trinajstić information content (AvgIpc) is 3.38. The lowest BCUT2D eigenvalue weighted by Crippen LogP contribution is -2.33. The summed E-state index contributed by atoms with van der Waals surface area (Å²) in [7, 11) is 0. The summed E-state index contributed by atoms with van der Waals surface area (Å²) >= 11 is 6.11. The van der Waals surface area contributed by atoms with Crippen LogP contribution in [0.1, 0.15) is 81.0 Å². The van der Waals surface area contributed by atoms with E-state index < -0.39 is 0 Å². The van der Waals surface area contributed by atoms with Gasteiger partial charge >= 0.3 is 0 Å². The molecule has 0 amide bonds. The number of benzene rings is 3. The minimum atomic E-state index is 0.00856. The van der Waals surface area contributed by atoms with E-state index in [0.717, 1.165) is 78.3 Å². The smallest absolute Gasteiger partial charge is 0.274 e. The van der Waals surface area contributed by atoms with E-state index in [9.17, 15) is 4.79 Å². The van der Waals surface area contributed by atoms with E-state index in [0.29, 0.717) is 19.0 Å². The van der Waals surface area contributed by atoms with Gasteiger partial charge in [0.1, 0.15) is 5.75 Å². The van der Waals surface area contributed by atoms with E-state index in [-0.39, 0.29) is 5.56 Å². The molecule has 250 valence electrons. The summed E-state index contributed by atoms with van der Waals surface area (Å²) in [4.78, 5) is 18.7. The van der Waals surface area contributed by atoms with Crippen LogP contribution in [0.25, 0.3) is 10.8 Å². The van der Waals surface area contributed by atoms with Crippen LogP contribution in [0.3, 0.4) is 0 Å². The molecule has 0 unspecified atom stereocenters. The number of likely N-dealkylation sites (tertiary alicyclic amines) is 2. The normalized spacial score (nSPS) is 17.7. The van der Waals surface area contributed by atoms with Gasteiger partial charge in [-0.1, -0.05) is 66.9 Å². The Morgan fingerprint density at radius 2 is 1.49 bits per heavy atom. The highest BCUT2D eigenvalue weighted by Gasteiger charge is 2.24. The minimum absolute atomic E-state index is 0.00856. The SMILES string of the molecule is O=c1c2ccccc2c(Cc2ccc(Cl)cc2)nn1CC[C@H]1CCCN1CCCCc1ccc(OCCCN2CCCCCC2)cc1. The third kappa shape index (κ3) is 9.68. The van der Waals surface area contributed by atoms with Gasteiger partial charge in [-0.05, 0) is 125 Å². The molecule has 47 heavy (non-hydrogen) atoms. The van der Waals surface area contributed by atoms with E-state index in [1.807, 2.05) is 48.5 Å². The Kier molecular flexibility index (Phi) is 12.4. The molecule has 3 heterocycles. The molecule has 2 saturated heterocycles. The molecule has 1 aromatic heterocycles. The minimum Gasteiger partial charge on any atom is -0.494 e. The van der Waals surface area contributed by atoms with Crippen LogP contribution in [0.5, 0.6) is 5.75 Å². The summed E-state index contributed by atoms with van der Waals surface area (Å²) in [5.74, 6) is 0.988. The predicted molar refractivity (Wildman–Crippen MR) is 194 cm³/mol. The molecule has 2 aliphatic heterocycles. The van der Waals surface area contributed by atoms with Gasteiger partial charge in [-0.3, -0.25) is 4.79 Å². The molecule has 0 bridgehead atoms. The van der Waals surface area contributed by atoms with Crippen molar-refractivity contribution in [3.63, 3.8) is 0 Å². The molecular weight excluding hydrogens is 604 g/mol. The fraction of sp³-hybridized carbons (Fsp3) is 0.500. The Labute approximate surface area is 285 Å². The third-order valence-corrected chi connectivity index (χ3v) is 10.3. The molecule has 6 nitrogen and oxygen atoms in total. The second-order valence-corrected chi connectivity index (χ2v) is 13.9. The van der Waals surface area contributed by atoms with Gasteiger partial charge in [0.25, 0.3) is 5.56 Å². The van der Waals surface area contributed by atoms with Gasteiger partial charge in [0.2, 0.25) is 0 Å². The van der Waals surface area contributed by atoms with E-state index in [1.165, 1.54) is 70.0 Å². The topological polar surface area (TPSA) is 50.6 Å². The number of aromatic nitrogens is 2. The largest absolute Gasteiger partial charge is 0.494 e. The number of ether oxygens (including phenoxy) is 1. The van der Waals surface area contributed by atoms with Gasteiger partial charge < -0.3 is 14.5 Å². The number of fused-ring (bicyclic) bond motifs is 1. The number of nitrogens with zero attached hydrogens (tertiary/aromatic N) is 4. The zero-order valence-corrected chi connectivity index (χ0v) is 28.7. The highest BCUT2D eigenvalue weighted by Crippen LogP contribution is 2.23. The Bertz CT molecular complexity index is 1600. The van der Waals surface area contributed by atoms with Crippen LogP contribution >= 0.6 is 11.6 Å². The van der Waals surface area contributed by atoms with Gasteiger partial charge in [-0.15, -0.1) is 0 Å². The number of halogens is 1. The van der Waals surface area contributed by atoms with E-state index in [1.54, 1.807) is 4.68 Å². The molecule has 2 aliphatic rings. The quantitative estimate of drug-likeness (QED) is 0.121. The fourth-order valence-electron chi connectivity index (χ4n) is 7.41. The van der Waals surface area contributed by atoms with E-state index >= 15 is 0 Å². The first kappa shape index (κ1) is 33.7. The molecule has 0 spiro atoms. The first-order valence-electron chi connectivity index (χ1n) is 18.0. The summed E-state index contributed by atoms with van der Waals surface area (Å²) in [5, 5.41) is 7.31. The monoisotopic (exact) mass is 654 g/mol. The van der Waals surface area contributed by atoms with Crippen molar-refractivity contribution >= 4 is 22.4 Å². The van der Waals surface area contributed by atoms with Crippen molar-refractivity contribution in [2.24, 2.45) is 0 Å². The van der Waals surface area contributed by atoms with Gasteiger partial charge in [-0.2, -0.15) is 5.10 Å². The molecule has 3 aromatic carbocycles. The summed E-state index contributed by atoms with van der Waals surface area (Å²) in [5.41, 5.74) is 3.47. The third-order valence-electron chi connectivity index (χ3n) is 10.1. The Hall–Kier alpha value is -3.19. The second-order valence-electron chi connectivity index (χ2n) is 13.5. The predicted octanol–water partition coefficient (Wildman–Crippen LogP) is 8.16. The van der Waals surface area contributed by atoms with Gasteiger partial charge in [-0.25, -0.2) is 4.68 Å². The lowest BCUT2D eigenvalue weighted by atomic mass is 10.0. The highest BCUT2D eigenvalue weighted by molar-refractivity contribution is 6.30. The number of aryl methyl sites for hydroxylation is 2. The maximum Gasteiger partial charge on any atom is 0.274 e. The van der Waals surface area contributed by atoms with E-state index in [4.69, 9.17) is 21.4 Å². The molecule has 0 N–H and O–H groups in total. The van der Waals surface area contributed by atoms with Crippen LogP contribution in [0.15, 0.2) is 77.6 Å². The summed E-state index contributed by atoms with van der Waals surface area (Å²) in [6, 6.07) is 25.0. The lowest BCUT2D eigenvalue weighted by molar-refractivity contribution is 0.229. The van der Waals surface area contributed by atoms with Crippen LogP contribution in [-0.4, -0.2) is 65.0 Å². The molecule has 0 aliphatic carbocycles. The van der Waals surface area contributed by atoms with Crippen LogP contribution < -0.4 is 10.3 Å². The van der Waals surface area contributed by atoms with Gasteiger partial charge in [0.05, 0.1) is 17.7 Å². The standard InChI is InChI=1S/C40H51ClN4O2/c41-34-19-15-33(16-20-34)31-39-37-13-3-4-14-38(37)40(46)45(42-39)29-23-35-12-9-28-44(35)27-8-5-11-32-17-21-36(22-18-32)47-30-10-26-43-24-6-1-2-7-25-43/h3-4,13-22,35H,1-2,5-12,23-31H2/t35-/m1/s1. The first-order chi connectivity index (χ1) is 23.1. The second kappa shape index (κ2) is 17.3. The van der Waals surface area contributed by atoms with Gasteiger partial charge in [0, 0.05) is 36.0 Å². The highest BCUT2D eigenvalue weighted by atomic mass is 35.5. The molecule has 6 rings (SSSR count). The van der Waals surface area contributed by atoms with Crippen molar-refractivity contribution in [3.8, 4) is 5.75 Å². The van der Waals surface area contributed by atoms with Crippen LogP contribution in [-0.2, 0) is 19.4 Å². The van der Waals surface area contributed by atoms with Crippen LogP contribution in [0.2, 0.25) is 5.02 Å². The van der Waals surface area contributed by atoms with Crippen molar-refractivity contribution in [3.05, 3.63) is 105 Å². The summed E-state index contributed by atoms with van der Waals surface area (Å²) in [6.07, 6.45) is 14.1. The van der Waals surface area contributed by atoms with Crippen molar-refractivity contribution in [2.75, 3.05) is 39.3 Å². The molecule has 1 atom stereocenters. The van der Waals surface area contributed by atoms with Crippen molar-refractivity contribution < 1.29 is 4.74 Å². The van der Waals surface area contributed by atoms with Crippen LogP contribution in [0.4, 0.5) is 0 Å². The average molecular weight is 655 g/mol. The molecule has 2 fully saturated rings. The van der Waals surface area contributed by atoms with E-state index in [2.05, 4.69) is 34.1 Å². The number of hydrogen-bond acceptors (Lipinski definition) is 5. The number of rotatable bonds is 15. The van der Waals surface area contributed by atoms with Gasteiger partial charge in [0.15, 0.2) is 0 Å². The molecule has 0 radical (unpaired) electrons. The fourth-order valence-corrected chi connectivity index (χ4v) is 7.53. The number of unbranched alkanes of at least 4 members (excludes halogenated alkanes) is 1. The zero-order valence-electron chi connectivity index (χ0n) is 27.9.